The number of halogens is 3. The summed E-state index contributed by atoms with van der Waals surface area (Å²) in [5, 5.41) is 1.73. The van der Waals surface area contributed by atoms with E-state index in [-0.39, 0.29) is 0 Å². The first kappa shape index (κ1) is 22.2. The van der Waals surface area contributed by atoms with Gasteiger partial charge in [-0.1, -0.05) is 59.1 Å². The Morgan fingerprint density at radius 2 is 1.41 bits per heavy atom. The van der Waals surface area contributed by atoms with Crippen molar-refractivity contribution in [3.63, 3.8) is 0 Å². The molecule has 0 aromatic heterocycles. The van der Waals surface area contributed by atoms with Crippen molar-refractivity contribution < 1.29 is 9.47 Å². The van der Waals surface area contributed by atoms with Crippen LogP contribution in [-0.2, 0) is 6.61 Å². The maximum Gasteiger partial charge on any atom is 0.128 e. The monoisotopic (exact) mass is 481 g/mol. The highest BCUT2D eigenvalue weighted by molar-refractivity contribution is 6.35. The molecule has 4 aromatic rings. The maximum absolute atomic E-state index is 6.24. The number of nitrogens with zero attached hydrogens (tertiary/aromatic N) is 1. The van der Waals surface area contributed by atoms with Gasteiger partial charge in [-0.15, -0.1) is 0 Å². The van der Waals surface area contributed by atoms with Crippen molar-refractivity contribution in [3.05, 3.63) is 117 Å². The van der Waals surface area contributed by atoms with E-state index in [0.29, 0.717) is 27.4 Å². The van der Waals surface area contributed by atoms with Gasteiger partial charge in [0.25, 0.3) is 0 Å². The molecule has 0 saturated carbocycles. The zero-order chi connectivity index (χ0) is 22.3. The van der Waals surface area contributed by atoms with Gasteiger partial charge in [-0.05, 0) is 66.7 Å². The smallest absolute Gasteiger partial charge is 0.128 e. The fraction of sp³-hybridized carbons (Fsp3) is 0.0385. The molecule has 3 nitrogen and oxygen atoms in total. The van der Waals surface area contributed by atoms with Gasteiger partial charge in [0, 0.05) is 32.4 Å². The van der Waals surface area contributed by atoms with E-state index in [1.165, 1.54) is 0 Å². The van der Waals surface area contributed by atoms with Crippen molar-refractivity contribution in [3.8, 4) is 17.2 Å². The second-order valence-electron chi connectivity index (χ2n) is 6.87. The third-order valence-electron chi connectivity index (χ3n) is 4.54. The van der Waals surface area contributed by atoms with E-state index in [9.17, 15) is 0 Å². The van der Waals surface area contributed by atoms with Gasteiger partial charge in [0.2, 0.25) is 0 Å². The Hall–Kier alpha value is -2.98. The number of hydrogen-bond acceptors (Lipinski definition) is 3. The second-order valence-corrected chi connectivity index (χ2v) is 8.15. The SMILES string of the molecule is Clc1ccc(COc2ccc(Cl)cc2C=Nc2ccc(Oc3ccccc3)cc2)c(Cl)c1. The first-order chi connectivity index (χ1) is 15.6. The molecule has 0 saturated heterocycles. The van der Waals surface area contributed by atoms with Crippen LogP contribution >= 0.6 is 34.8 Å². The number of ether oxygens (including phenoxy) is 2. The Kier molecular flexibility index (Phi) is 7.33. The largest absolute Gasteiger partial charge is 0.488 e. The second kappa shape index (κ2) is 10.6. The molecule has 160 valence electrons. The molecule has 0 unspecified atom stereocenters. The van der Waals surface area contributed by atoms with Crippen molar-refractivity contribution >= 4 is 46.7 Å². The molecule has 0 spiro atoms. The highest BCUT2D eigenvalue weighted by Crippen LogP contribution is 2.27. The van der Waals surface area contributed by atoms with Crippen molar-refractivity contribution in [1.82, 2.24) is 0 Å². The molecule has 4 aromatic carbocycles. The van der Waals surface area contributed by atoms with Crippen LogP contribution in [0.3, 0.4) is 0 Å². The van der Waals surface area contributed by atoms with Crippen LogP contribution in [0.4, 0.5) is 5.69 Å². The summed E-state index contributed by atoms with van der Waals surface area (Å²) in [5.41, 5.74) is 2.37. The van der Waals surface area contributed by atoms with E-state index in [0.717, 1.165) is 28.3 Å². The first-order valence-electron chi connectivity index (χ1n) is 9.80. The lowest BCUT2D eigenvalue weighted by Crippen LogP contribution is -1.99. The highest BCUT2D eigenvalue weighted by Gasteiger charge is 2.07. The van der Waals surface area contributed by atoms with Crippen molar-refractivity contribution in [2.75, 3.05) is 0 Å². The molecule has 0 aliphatic rings. The van der Waals surface area contributed by atoms with E-state index < -0.39 is 0 Å². The molecule has 0 fully saturated rings. The predicted octanol–water partition coefficient (Wildman–Crippen LogP) is 8.77. The summed E-state index contributed by atoms with van der Waals surface area (Å²) >= 11 is 18.4. The number of para-hydroxylation sites is 1. The lowest BCUT2D eigenvalue weighted by molar-refractivity contribution is 0.306. The molecule has 0 atom stereocenters. The minimum Gasteiger partial charge on any atom is -0.488 e. The molecule has 0 aliphatic carbocycles. The summed E-state index contributed by atoms with van der Waals surface area (Å²) < 4.78 is 11.8. The highest BCUT2D eigenvalue weighted by atomic mass is 35.5. The van der Waals surface area contributed by atoms with Crippen LogP contribution in [0.15, 0.2) is 96.0 Å². The summed E-state index contributed by atoms with van der Waals surface area (Å²) in [6, 6.07) is 27.8. The first-order valence-corrected chi connectivity index (χ1v) is 10.9. The average Bonchev–Trinajstić information content (AvgIpc) is 2.80. The average molecular weight is 483 g/mol. The third-order valence-corrected chi connectivity index (χ3v) is 5.36. The normalized spacial score (nSPS) is 11.0. The van der Waals surface area contributed by atoms with E-state index in [1.54, 1.807) is 30.5 Å². The van der Waals surface area contributed by atoms with Crippen molar-refractivity contribution in [2.24, 2.45) is 4.99 Å². The van der Waals surface area contributed by atoms with Crippen LogP contribution in [0.1, 0.15) is 11.1 Å². The zero-order valence-electron chi connectivity index (χ0n) is 16.8. The van der Waals surface area contributed by atoms with Gasteiger partial charge in [0.05, 0.1) is 5.69 Å². The lowest BCUT2D eigenvalue weighted by Gasteiger charge is -2.11. The Morgan fingerprint density at radius 1 is 0.719 bits per heavy atom. The van der Waals surface area contributed by atoms with E-state index in [2.05, 4.69) is 4.99 Å². The molecule has 0 heterocycles. The maximum atomic E-state index is 6.24. The minimum absolute atomic E-state index is 0.296. The van der Waals surface area contributed by atoms with E-state index >= 15 is 0 Å². The molecular formula is C26H18Cl3NO2. The van der Waals surface area contributed by atoms with Gasteiger partial charge >= 0.3 is 0 Å². The zero-order valence-corrected chi connectivity index (χ0v) is 19.1. The quantitative estimate of drug-likeness (QED) is 0.246. The Bertz CT molecular complexity index is 1230. The predicted molar refractivity (Wildman–Crippen MR) is 132 cm³/mol. The Labute approximate surface area is 201 Å². The number of benzene rings is 4. The standard InChI is InChI=1S/C26H18Cl3NO2/c27-20-8-13-26(31-17-18-6-7-21(28)15-25(18)29)19(14-20)16-30-22-9-11-24(12-10-22)32-23-4-2-1-3-5-23/h1-16H,17H2. The molecular weight excluding hydrogens is 465 g/mol. The summed E-state index contributed by atoms with van der Waals surface area (Å²) in [5.74, 6) is 2.17. The molecule has 4 rings (SSSR count). The van der Waals surface area contributed by atoms with Crippen LogP contribution in [0.2, 0.25) is 15.1 Å². The van der Waals surface area contributed by atoms with Gasteiger partial charge in [0.1, 0.15) is 23.9 Å². The Morgan fingerprint density at radius 3 is 2.16 bits per heavy atom. The topological polar surface area (TPSA) is 30.8 Å². The van der Waals surface area contributed by atoms with Crippen molar-refractivity contribution in [1.29, 1.82) is 0 Å². The number of rotatable bonds is 7. The number of hydrogen-bond donors (Lipinski definition) is 0. The fourth-order valence-corrected chi connectivity index (χ4v) is 3.56. The molecule has 0 radical (unpaired) electrons. The van der Waals surface area contributed by atoms with E-state index in [1.807, 2.05) is 66.7 Å². The summed E-state index contributed by atoms with van der Waals surface area (Å²) in [4.78, 5) is 4.55. The van der Waals surface area contributed by atoms with Gasteiger partial charge in [-0.3, -0.25) is 4.99 Å². The number of aliphatic imine (C=N–C) groups is 1. The van der Waals surface area contributed by atoms with E-state index in [4.69, 9.17) is 44.3 Å². The molecule has 0 aliphatic heterocycles. The molecule has 0 N–H and O–H groups in total. The fourth-order valence-electron chi connectivity index (χ4n) is 2.91. The van der Waals surface area contributed by atoms with Gasteiger partial charge in [-0.2, -0.15) is 0 Å². The van der Waals surface area contributed by atoms with Crippen LogP contribution in [0, 0.1) is 0 Å². The van der Waals surface area contributed by atoms with Crippen LogP contribution in [-0.4, -0.2) is 6.21 Å². The minimum atomic E-state index is 0.296. The van der Waals surface area contributed by atoms with Gasteiger partial charge < -0.3 is 9.47 Å². The molecule has 0 amide bonds. The summed E-state index contributed by atoms with van der Waals surface area (Å²) in [6.07, 6.45) is 1.72. The lowest BCUT2D eigenvalue weighted by atomic mass is 10.2. The molecule has 6 heteroatoms. The Balaban J connectivity index is 1.46. The molecule has 32 heavy (non-hydrogen) atoms. The van der Waals surface area contributed by atoms with Crippen LogP contribution < -0.4 is 9.47 Å². The molecule has 0 bridgehead atoms. The van der Waals surface area contributed by atoms with Gasteiger partial charge in [-0.25, -0.2) is 0 Å². The van der Waals surface area contributed by atoms with Gasteiger partial charge in [0.15, 0.2) is 0 Å². The van der Waals surface area contributed by atoms with Crippen LogP contribution in [0.5, 0.6) is 17.2 Å². The van der Waals surface area contributed by atoms with Crippen molar-refractivity contribution in [2.45, 2.75) is 6.61 Å². The third kappa shape index (κ3) is 6.04. The van der Waals surface area contributed by atoms with Crippen LogP contribution in [0.25, 0.3) is 0 Å². The summed E-state index contributed by atoms with van der Waals surface area (Å²) in [7, 11) is 0. The summed E-state index contributed by atoms with van der Waals surface area (Å²) in [6.45, 7) is 0.296.